The van der Waals surface area contributed by atoms with E-state index in [1.54, 1.807) is 12.5 Å². The third kappa shape index (κ3) is 1.65. The zero-order chi connectivity index (χ0) is 13.6. The summed E-state index contributed by atoms with van der Waals surface area (Å²) in [5.74, 6) is 0.739. The Morgan fingerprint density at radius 1 is 1.20 bits per heavy atom. The van der Waals surface area contributed by atoms with Crippen LogP contribution in [0.4, 0.5) is 0 Å². The molecule has 1 aliphatic rings. The van der Waals surface area contributed by atoms with E-state index in [1.807, 2.05) is 30.3 Å². The predicted molar refractivity (Wildman–Crippen MR) is 75.2 cm³/mol. The van der Waals surface area contributed by atoms with Gasteiger partial charge in [0.05, 0.1) is 17.7 Å². The number of benzene rings is 1. The van der Waals surface area contributed by atoms with E-state index in [9.17, 15) is 5.11 Å². The molecular formula is C16H14N2O2. The first kappa shape index (κ1) is 11.6. The molecule has 100 valence electrons. The van der Waals surface area contributed by atoms with Crippen molar-refractivity contribution in [1.82, 2.24) is 9.97 Å². The molecule has 0 spiro atoms. The molecule has 2 aromatic heterocycles. The summed E-state index contributed by atoms with van der Waals surface area (Å²) in [5, 5.41) is 10.6. The van der Waals surface area contributed by atoms with E-state index < -0.39 is 0 Å². The Kier molecular flexibility index (Phi) is 2.41. The molecule has 1 saturated carbocycles. The smallest absolute Gasteiger partial charge is 0.137 e. The molecule has 0 unspecified atom stereocenters. The van der Waals surface area contributed by atoms with Crippen LogP contribution >= 0.6 is 0 Å². The van der Waals surface area contributed by atoms with E-state index in [-0.39, 0.29) is 12.0 Å². The van der Waals surface area contributed by atoms with Crippen LogP contribution in [0.25, 0.3) is 22.2 Å². The van der Waals surface area contributed by atoms with Gasteiger partial charge in [0.2, 0.25) is 0 Å². The number of para-hydroxylation sites is 1. The summed E-state index contributed by atoms with van der Waals surface area (Å²) < 4.78 is 5.56. The quantitative estimate of drug-likeness (QED) is 0.791. The number of aliphatic hydroxyl groups is 1. The first-order chi connectivity index (χ1) is 9.82. The van der Waals surface area contributed by atoms with Crippen molar-refractivity contribution in [2.45, 2.75) is 18.3 Å². The van der Waals surface area contributed by atoms with Crippen molar-refractivity contribution in [1.29, 1.82) is 0 Å². The van der Waals surface area contributed by atoms with Crippen LogP contribution in [0.2, 0.25) is 0 Å². The van der Waals surface area contributed by atoms with Crippen molar-refractivity contribution in [3.63, 3.8) is 0 Å². The molecule has 20 heavy (non-hydrogen) atoms. The van der Waals surface area contributed by atoms with Gasteiger partial charge in [0.15, 0.2) is 0 Å². The molecule has 0 aliphatic heterocycles. The maximum atomic E-state index is 9.50. The van der Waals surface area contributed by atoms with Crippen molar-refractivity contribution < 1.29 is 9.52 Å². The van der Waals surface area contributed by atoms with Gasteiger partial charge in [-0.1, -0.05) is 18.2 Å². The molecule has 0 radical (unpaired) electrons. The van der Waals surface area contributed by atoms with Gasteiger partial charge in [-0.3, -0.25) is 0 Å². The fourth-order valence-corrected chi connectivity index (χ4v) is 2.54. The van der Waals surface area contributed by atoms with Gasteiger partial charge in [-0.25, -0.2) is 9.97 Å². The van der Waals surface area contributed by atoms with Crippen LogP contribution in [-0.4, -0.2) is 21.7 Å². The first-order valence-corrected chi connectivity index (χ1v) is 6.73. The number of rotatable bonds is 3. The monoisotopic (exact) mass is 266 g/mol. The Labute approximate surface area is 116 Å². The van der Waals surface area contributed by atoms with Crippen LogP contribution in [-0.2, 0) is 5.41 Å². The molecule has 0 bridgehead atoms. The Bertz CT molecular complexity index is 775. The summed E-state index contributed by atoms with van der Waals surface area (Å²) >= 11 is 0. The lowest BCUT2D eigenvalue weighted by atomic mass is 10.1. The highest BCUT2D eigenvalue weighted by atomic mass is 16.3. The van der Waals surface area contributed by atoms with Gasteiger partial charge >= 0.3 is 0 Å². The Morgan fingerprint density at radius 3 is 2.85 bits per heavy atom. The van der Waals surface area contributed by atoms with E-state index >= 15 is 0 Å². The highest BCUT2D eigenvalue weighted by molar-refractivity contribution is 5.92. The summed E-state index contributed by atoms with van der Waals surface area (Å²) in [6.07, 6.45) is 5.41. The van der Waals surface area contributed by atoms with Crippen LogP contribution < -0.4 is 0 Å². The van der Waals surface area contributed by atoms with E-state index in [4.69, 9.17) is 4.42 Å². The predicted octanol–water partition coefficient (Wildman–Crippen LogP) is 2.91. The van der Waals surface area contributed by atoms with Crippen LogP contribution in [0, 0.1) is 0 Å². The fraction of sp³-hybridized carbons (Fsp3) is 0.250. The molecule has 3 aromatic rings. The molecule has 1 N–H and O–H groups in total. The number of furan rings is 1. The van der Waals surface area contributed by atoms with E-state index in [1.165, 1.54) is 0 Å². The van der Waals surface area contributed by atoms with Gasteiger partial charge in [-0.15, -0.1) is 0 Å². The third-order valence-electron chi connectivity index (χ3n) is 4.04. The fourth-order valence-electron chi connectivity index (χ4n) is 2.54. The molecule has 2 heterocycles. The minimum atomic E-state index is -0.213. The molecule has 4 heteroatoms. The van der Waals surface area contributed by atoms with Crippen LogP contribution in [0.5, 0.6) is 0 Å². The summed E-state index contributed by atoms with van der Waals surface area (Å²) in [6.45, 7) is 0.114. The van der Waals surface area contributed by atoms with Crippen molar-refractivity contribution in [2.24, 2.45) is 0 Å². The standard InChI is InChI=1S/C16H14N2O2/c19-10-16(6-7-16)15-17-8-5-13(18-15)12-9-20-14-4-2-1-3-11(12)14/h1-5,8-9,19H,6-7,10H2. The zero-order valence-corrected chi connectivity index (χ0v) is 10.9. The average molecular weight is 266 g/mol. The van der Waals surface area contributed by atoms with Crippen molar-refractivity contribution in [3.8, 4) is 11.3 Å². The van der Waals surface area contributed by atoms with Gasteiger partial charge < -0.3 is 9.52 Å². The Morgan fingerprint density at radius 2 is 2.05 bits per heavy atom. The third-order valence-corrected chi connectivity index (χ3v) is 4.04. The molecule has 1 aromatic carbocycles. The minimum absolute atomic E-state index is 0.114. The van der Waals surface area contributed by atoms with Gasteiger partial charge in [0.1, 0.15) is 17.7 Å². The minimum Gasteiger partial charge on any atom is -0.464 e. The summed E-state index contributed by atoms with van der Waals surface area (Å²) in [6, 6.07) is 9.78. The molecule has 0 atom stereocenters. The maximum absolute atomic E-state index is 9.50. The second-order valence-electron chi connectivity index (χ2n) is 5.35. The topological polar surface area (TPSA) is 59.2 Å². The highest BCUT2D eigenvalue weighted by Gasteiger charge is 2.46. The largest absolute Gasteiger partial charge is 0.464 e. The Hall–Kier alpha value is -2.20. The molecule has 4 nitrogen and oxygen atoms in total. The number of nitrogens with zero attached hydrogens (tertiary/aromatic N) is 2. The lowest BCUT2D eigenvalue weighted by Gasteiger charge is -2.10. The van der Waals surface area contributed by atoms with E-state index in [0.29, 0.717) is 0 Å². The summed E-state index contributed by atoms with van der Waals surface area (Å²) in [5.41, 5.74) is 2.46. The molecule has 0 amide bonds. The van der Waals surface area contributed by atoms with Gasteiger partial charge in [-0.05, 0) is 25.0 Å². The molecule has 1 aliphatic carbocycles. The number of aromatic nitrogens is 2. The summed E-state index contributed by atoms with van der Waals surface area (Å²) in [7, 11) is 0. The first-order valence-electron chi connectivity index (χ1n) is 6.73. The van der Waals surface area contributed by atoms with Crippen LogP contribution in [0.15, 0.2) is 47.2 Å². The van der Waals surface area contributed by atoms with Gasteiger partial charge in [0, 0.05) is 17.1 Å². The average Bonchev–Trinajstić information content (AvgIpc) is 3.20. The Balaban J connectivity index is 1.85. The number of hydrogen-bond donors (Lipinski definition) is 1. The van der Waals surface area contributed by atoms with Crippen molar-refractivity contribution in [2.75, 3.05) is 6.61 Å². The van der Waals surface area contributed by atoms with Gasteiger partial charge in [-0.2, -0.15) is 0 Å². The summed E-state index contributed by atoms with van der Waals surface area (Å²) in [4.78, 5) is 8.97. The second-order valence-corrected chi connectivity index (χ2v) is 5.35. The molecular weight excluding hydrogens is 252 g/mol. The van der Waals surface area contributed by atoms with Crippen molar-refractivity contribution >= 4 is 11.0 Å². The lowest BCUT2D eigenvalue weighted by molar-refractivity contribution is 0.250. The van der Waals surface area contributed by atoms with Crippen LogP contribution in [0.3, 0.4) is 0 Å². The number of hydrogen-bond acceptors (Lipinski definition) is 4. The second kappa shape index (κ2) is 4.15. The van der Waals surface area contributed by atoms with Crippen LogP contribution in [0.1, 0.15) is 18.7 Å². The zero-order valence-electron chi connectivity index (χ0n) is 10.9. The number of fused-ring (bicyclic) bond motifs is 1. The molecule has 1 fully saturated rings. The highest BCUT2D eigenvalue weighted by Crippen LogP contribution is 2.46. The molecule has 4 rings (SSSR count). The SMILES string of the molecule is OCC1(c2nccc(-c3coc4ccccc34)n2)CC1. The lowest BCUT2D eigenvalue weighted by Crippen LogP contribution is -2.16. The number of aliphatic hydroxyl groups excluding tert-OH is 1. The van der Waals surface area contributed by atoms with Crippen molar-refractivity contribution in [3.05, 3.63) is 48.6 Å². The maximum Gasteiger partial charge on any atom is 0.137 e. The molecule has 0 saturated heterocycles. The van der Waals surface area contributed by atoms with E-state index in [2.05, 4.69) is 9.97 Å². The normalized spacial score (nSPS) is 16.4. The van der Waals surface area contributed by atoms with Gasteiger partial charge in [0.25, 0.3) is 0 Å². The van der Waals surface area contributed by atoms with E-state index in [0.717, 1.165) is 40.9 Å².